The molecule has 0 atom stereocenters. The van der Waals surface area contributed by atoms with E-state index in [1.54, 1.807) is 19.1 Å². The Hall–Kier alpha value is -1.58. The smallest absolute Gasteiger partial charge is 0.306 e. The van der Waals surface area contributed by atoms with E-state index in [1.807, 2.05) is 0 Å². The highest BCUT2D eigenvalue weighted by molar-refractivity contribution is 5.69. The molecule has 4 nitrogen and oxygen atoms in total. The molecule has 0 unspecified atom stereocenters. The normalized spacial score (nSPS) is 10.0. The first-order chi connectivity index (χ1) is 15.1. The Balaban J connectivity index is 0. The Kier molecular flexibility index (Phi) is 29.0. The summed E-state index contributed by atoms with van der Waals surface area (Å²) >= 11 is 0. The highest BCUT2D eigenvalue weighted by Gasteiger charge is 2.01. The van der Waals surface area contributed by atoms with Crippen LogP contribution in [0.3, 0.4) is 0 Å². The second-order valence-corrected chi connectivity index (χ2v) is 8.00. The molecule has 0 aromatic heterocycles. The third-order valence-electron chi connectivity index (χ3n) is 5.00. The zero-order valence-electron chi connectivity index (χ0n) is 20.6. The van der Waals surface area contributed by atoms with Gasteiger partial charge in [-0.2, -0.15) is 0 Å². The van der Waals surface area contributed by atoms with Crippen LogP contribution in [0, 0.1) is 0 Å². The highest BCUT2D eigenvalue weighted by atomic mass is 16.5. The topological polar surface area (TPSA) is 52.6 Å². The predicted octanol–water partition coefficient (Wildman–Crippen LogP) is 8.10. The fourth-order valence-corrected chi connectivity index (χ4v) is 3.12. The van der Waals surface area contributed by atoms with E-state index in [-0.39, 0.29) is 11.9 Å². The first-order valence-electron chi connectivity index (χ1n) is 12.6. The molecular formula is C27H50O4. The average molecular weight is 439 g/mol. The van der Waals surface area contributed by atoms with Crippen molar-refractivity contribution in [3.05, 3.63) is 25.3 Å². The quantitative estimate of drug-likeness (QED) is 0.103. The number of rotatable bonds is 21. The molecular weight excluding hydrogens is 388 g/mol. The number of unbranched alkanes of at least 4 members (excludes halogenated alkanes) is 14. The molecule has 0 amide bonds. The van der Waals surface area contributed by atoms with Gasteiger partial charge in [-0.05, 0) is 6.42 Å². The molecule has 0 aliphatic heterocycles. The van der Waals surface area contributed by atoms with E-state index in [4.69, 9.17) is 4.74 Å². The minimum absolute atomic E-state index is 0.0837. The lowest BCUT2D eigenvalue weighted by Crippen LogP contribution is -2.03. The van der Waals surface area contributed by atoms with Crippen molar-refractivity contribution in [1.29, 1.82) is 0 Å². The molecule has 0 aliphatic carbocycles. The second kappa shape index (κ2) is 28.4. The number of ether oxygens (including phenoxy) is 2. The van der Waals surface area contributed by atoms with Crippen molar-refractivity contribution in [3.8, 4) is 0 Å². The van der Waals surface area contributed by atoms with Gasteiger partial charge in [0.2, 0.25) is 0 Å². The van der Waals surface area contributed by atoms with E-state index in [2.05, 4.69) is 24.8 Å². The van der Waals surface area contributed by atoms with E-state index < -0.39 is 0 Å². The van der Waals surface area contributed by atoms with E-state index in [9.17, 15) is 9.59 Å². The molecule has 0 radical (unpaired) electrons. The fraction of sp³-hybridized carbons (Fsp3) is 0.778. The van der Waals surface area contributed by atoms with Gasteiger partial charge in [-0.25, -0.2) is 0 Å². The third kappa shape index (κ3) is 30.7. The van der Waals surface area contributed by atoms with Crippen molar-refractivity contribution in [3.63, 3.8) is 0 Å². The van der Waals surface area contributed by atoms with Crippen molar-refractivity contribution in [2.45, 2.75) is 123 Å². The molecule has 31 heavy (non-hydrogen) atoms. The van der Waals surface area contributed by atoms with Crippen molar-refractivity contribution < 1.29 is 19.1 Å². The number of carbonyl (C=O) groups excluding carboxylic acids is 2. The monoisotopic (exact) mass is 438 g/mol. The largest absolute Gasteiger partial charge is 0.461 e. The van der Waals surface area contributed by atoms with Crippen molar-refractivity contribution in [2.75, 3.05) is 13.2 Å². The van der Waals surface area contributed by atoms with E-state index in [1.165, 1.54) is 83.5 Å². The van der Waals surface area contributed by atoms with Gasteiger partial charge < -0.3 is 9.47 Å². The van der Waals surface area contributed by atoms with Crippen molar-refractivity contribution in [1.82, 2.24) is 0 Å². The van der Waals surface area contributed by atoms with Gasteiger partial charge in [0, 0.05) is 12.8 Å². The summed E-state index contributed by atoms with van der Waals surface area (Å²) in [6.07, 6.45) is 24.4. The molecule has 0 fully saturated rings. The maximum Gasteiger partial charge on any atom is 0.306 e. The molecule has 0 bridgehead atoms. The molecule has 182 valence electrons. The molecule has 0 aromatic rings. The van der Waals surface area contributed by atoms with Gasteiger partial charge >= 0.3 is 11.9 Å². The van der Waals surface area contributed by atoms with Gasteiger partial charge in [0.1, 0.15) is 13.2 Å². The van der Waals surface area contributed by atoms with Crippen LogP contribution >= 0.6 is 0 Å². The third-order valence-corrected chi connectivity index (χ3v) is 5.00. The number of esters is 2. The van der Waals surface area contributed by atoms with Crippen LogP contribution in [0.15, 0.2) is 25.3 Å². The zero-order chi connectivity index (χ0) is 23.4. The summed E-state index contributed by atoms with van der Waals surface area (Å²) < 4.78 is 9.54. The second-order valence-electron chi connectivity index (χ2n) is 8.00. The average Bonchev–Trinajstić information content (AvgIpc) is 2.78. The Morgan fingerprint density at radius 2 is 0.935 bits per heavy atom. The number of carbonyl (C=O) groups is 2. The van der Waals surface area contributed by atoms with Crippen LogP contribution in [-0.2, 0) is 19.1 Å². The van der Waals surface area contributed by atoms with Crippen LogP contribution in [0.1, 0.15) is 123 Å². The molecule has 0 saturated heterocycles. The minimum Gasteiger partial charge on any atom is -0.461 e. The summed E-state index contributed by atoms with van der Waals surface area (Å²) in [6.45, 7) is 11.6. The van der Waals surface area contributed by atoms with E-state index in [0.29, 0.717) is 26.1 Å². The van der Waals surface area contributed by atoms with E-state index >= 15 is 0 Å². The predicted molar refractivity (Wildman–Crippen MR) is 132 cm³/mol. The first kappa shape index (κ1) is 31.6. The van der Waals surface area contributed by atoms with Crippen molar-refractivity contribution >= 4 is 11.9 Å². The summed E-state index contributed by atoms with van der Waals surface area (Å²) in [5, 5.41) is 0. The maximum atomic E-state index is 11.3. The first-order valence-corrected chi connectivity index (χ1v) is 12.6. The van der Waals surface area contributed by atoms with Gasteiger partial charge in [0.05, 0.1) is 0 Å². The van der Waals surface area contributed by atoms with Gasteiger partial charge in [0.25, 0.3) is 0 Å². The Morgan fingerprint density at radius 3 is 1.29 bits per heavy atom. The van der Waals surface area contributed by atoms with Crippen LogP contribution < -0.4 is 0 Å². The Morgan fingerprint density at radius 1 is 0.581 bits per heavy atom. The summed E-state index contributed by atoms with van der Waals surface area (Å²) in [5.41, 5.74) is 0. The molecule has 0 rings (SSSR count). The molecule has 0 aromatic carbocycles. The molecule has 0 N–H and O–H groups in total. The molecule has 4 heteroatoms. The molecule has 0 saturated carbocycles. The zero-order valence-corrected chi connectivity index (χ0v) is 20.6. The Bertz CT molecular complexity index is 417. The minimum atomic E-state index is -0.176. The number of hydrogen-bond acceptors (Lipinski definition) is 4. The van der Waals surface area contributed by atoms with Gasteiger partial charge in [0.15, 0.2) is 0 Å². The Labute approximate surface area is 192 Å². The van der Waals surface area contributed by atoms with Gasteiger partial charge in [-0.3, -0.25) is 9.59 Å². The number of hydrogen-bond donors (Lipinski definition) is 0. The molecule has 0 aliphatic rings. The van der Waals surface area contributed by atoms with Crippen LogP contribution in [0.25, 0.3) is 0 Å². The van der Waals surface area contributed by atoms with Crippen LogP contribution in [0.2, 0.25) is 0 Å². The highest BCUT2D eigenvalue weighted by Crippen LogP contribution is 2.13. The van der Waals surface area contributed by atoms with E-state index in [0.717, 1.165) is 12.8 Å². The van der Waals surface area contributed by atoms with Crippen LogP contribution in [0.4, 0.5) is 0 Å². The fourth-order valence-electron chi connectivity index (χ4n) is 3.12. The SMILES string of the molecule is C=CCOC(=O)CC.C=CCOC(=O)CCCCCCCCCCCCCCCCC. The van der Waals surface area contributed by atoms with Gasteiger partial charge in [-0.1, -0.05) is 129 Å². The summed E-state index contributed by atoms with van der Waals surface area (Å²) in [6, 6.07) is 0. The molecule has 0 heterocycles. The maximum absolute atomic E-state index is 11.3. The molecule has 0 spiro atoms. The summed E-state index contributed by atoms with van der Waals surface area (Å²) in [5.74, 6) is -0.260. The summed E-state index contributed by atoms with van der Waals surface area (Å²) in [4.78, 5) is 21.6. The lowest BCUT2D eigenvalue weighted by molar-refractivity contribution is -0.143. The lowest BCUT2D eigenvalue weighted by Gasteiger charge is -2.04. The van der Waals surface area contributed by atoms with Crippen molar-refractivity contribution in [2.24, 2.45) is 0 Å². The lowest BCUT2D eigenvalue weighted by atomic mass is 10.0. The standard InChI is InChI=1S/C21H40O2.C6H10O2/c1-3-5-6-7-8-9-10-11-12-13-14-15-16-17-18-19-21(22)23-20-4-2;1-3-5-8-6(7)4-2/h4H,2-3,5-20H2,1H3;3H,1,4-5H2,2H3. The van der Waals surface area contributed by atoms with Crippen LogP contribution in [-0.4, -0.2) is 25.2 Å². The van der Waals surface area contributed by atoms with Crippen LogP contribution in [0.5, 0.6) is 0 Å². The van der Waals surface area contributed by atoms with Gasteiger partial charge in [-0.15, -0.1) is 0 Å². The summed E-state index contributed by atoms with van der Waals surface area (Å²) in [7, 11) is 0.